The normalized spacial score (nSPS) is 29.2. The van der Waals surface area contributed by atoms with Crippen molar-refractivity contribution in [3.8, 4) is 0 Å². The van der Waals surface area contributed by atoms with Crippen LogP contribution in [-0.4, -0.2) is 91.1 Å². The first-order valence-electron chi connectivity index (χ1n) is 12.7. The highest BCUT2D eigenvalue weighted by Gasteiger charge is 2.74. The Morgan fingerprint density at radius 2 is 1.65 bits per heavy atom. The van der Waals surface area contributed by atoms with E-state index in [9.17, 15) is 50.3 Å². The van der Waals surface area contributed by atoms with Gasteiger partial charge in [0.2, 0.25) is 23.5 Å². The maximum atomic E-state index is 14.3. The molecule has 0 aromatic rings. The van der Waals surface area contributed by atoms with E-state index >= 15 is 0 Å². The summed E-state index contributed by atoms with van der Waals surface area (Å²) in [5.74, 6) is -10.0. The zero-order valence-electron chi connectivity index (χ0n) is 22.1. The molecule has 3 N–H and O–H groups in total. The minimum atomic E-state index is -4.74. The molecule has 4 fully saturated rings. The van der Waals surface area contributed by atoms with Gasteiger partial charge in [0.25, 0.3) is 5.91 Å². The molecule has 1 saturated heterocycles. The minimum Gasteiger partial charge on any atom is -0.453 e. The quantitative estimate of drug-likeness (QED) is 0.265. The van der Waals surface area contributed by atoms with Crippen molar-refractivity contribution >= 4 is 29.6 Å². The second-order valence-electron chi connectivity index (χ2n) is 11.0. The number of halogens is 6. The number of alkyl halides is 6. The topological polar surface area (TPSA) is 134 Å². The van der Waals surface area contributed by atoms with Crippen LogP contribution in [0.4, 0.5) is 31.1 Å². The zero-order valence-corrected chi connectivity index (χ0v) is 22.1. The second kappa shape index (κ2) is 11.1. The van der Waals surface area contributed by atoms with Gasteiger partial charge in [0.05, 0.1) is 19.1 Å². The second-order valence-corrected chi connectivity index (χ2v) is 11.0. The third kappa shape index (κ3) is 6.62. The van der Waals surface area contributed by atoms with Crippen LogP contribution < -0.4 is 16.0 Å². The van der Waals surface area contributed by atoms with Gasteiger partial charge in [0, 0.05) is 25.4 Å². The molecule has 1 aliphatic heterocycles. The zero-order chi connectivity index (χ0) is 30.3. The number of ketones is 1. The number of Topliss-reactive ketones (excluding diaryl/α,β-unsaturated/α-hetero) is 1. The monoisotopic (exact) mass is 586 g/mol. The number of alkyl carbamates (subject to hydrolysis) is 1. The molecule has 1 heterocycles. The van der Waals surface area contributed by atoms with E-state index < -0.39 is 109 Å². The molecule has 4 atom stereocenters. The summed E-state index contributed by atoms with van der Waals surface area (Å²) in [4.78, 5) is 64.2. The molecule has 226 valence electrons. The fourth-order valence-electron chi connectivity index (χ4n) is 5.85. The van der Waals surface area contributed by atoms with Gasteiger partial charge in [0.15, 0.2) is 0 Å². The number of nitrogens with one attached hydrogen (secondary N) is 3. The molecule has 3 saturated carbocycles. The molecule has 0 radical (unpaired) electrons. The maximum absolute atomic E-state index is 14.3. The van der Waals surface area contributed by atoms with Gasteiger partial charge in [-0.2, -0.15) is 13.2 Å². The van der Waals surface area contributed by atoms with E-state index in [1.165, 1.54) is 0 Å². The van der Waals surface area contributed by atoms with Crippen molar-refractivity contribution in [3.63, 3.8) is 0 Å². The van der Waals surface area contributed by atoms with E-state index in [0.717, 1.165) is 19.1 Å². The predicted octanol–water partition coefficient (Wildman–Crippen LogP) is 2.01. The number of methoxy groups -OCH3 is 1. The Hall–Kier alpha value is -3.07. The largest absolute Gasteiger partial charge is 0.453 e. The number of ether oxygens (including phenoxy) is 1. The molecule has 3 aliphatic carbocycles. The Balaban J connectivity index is 1.89. The lowest BCUT2D eigenvalue weighted by Gasteiger charge is -2.68. The smallest absolute Gasteiger partial charge is 0.407 e. The van der Waals surface area contributed by atoms with Gasteiger partial charge in [-0.05, 0) is 45.4 Å². The molecule has 4 rings (SSSR count). The van der Waals surface area contributed by atoms with Crippen molar-refractivity contribution in [1.29, 1.82) is 0 Å². The summed E-state index contributed by atoms with van der Waals surface area (Å²) < 4.78 is 86.7. The van der Waals surface area contributed by atoms with E-state index in [1.54, 1.807) is 0 Å². The van der Waals surface area contributed by atoms with Gasteiger partial charge in [-0.15, -0.1) is 0 Å². The van der Waals surface area contributed by atoms with Crippen LogP contribution in [0.2, 0.25) is 0 Å². The van der Waals surface area contributed by atoms with Crippen LogP contribution in [-0.2, 0) is 23.9 Å². The van der Waals surface area contributed by atoms with E-state index in [0.29, 0.717) is 6.92 Å². The van der Waals surface area contributed by atoms with Crippen molar-refractivity contribution in [1.82, 2.24) is 20.9 Å². The van der Waals surface area contributed by atoms with E-state index in [4.69, 9.17) is 0 Å². The molecule has 2 bridgehead atoms. The number of carbonyl (C=O) groups is 5. The first kappa shape index (κ1) is 31.5. The summed E-state index contributed by atoms with van der Waals surface area (Å²) in [6, 6.07) is -5.05. The molecule has 4 amide bonds. The van der Waals surface area contributed by atoms with E-state index in [2.05, 4.69) is 15.4 Å². The van der Waals surface area contributed by atoms with Crippen LogP contribution in [0.1, 0.15) is 51.9 Å². The highest BCUT2D eigenvalue weighted by molar-refractivity contribution is 6.38. The number of rotatable bonds is 10. The number of likely N-dealkylation sites (N-methyl/N-ethyl adjacent to an activating group) is 1. The molecule has 10 nitrogen and oxygen atoms in total. The van der Waals surface area contributed by atoms with Gasteiger partial charge >= 0.3 is 12.3 Å². The summed E-state index contributed by atoms with van der Waals surface area (Å²) in [7, 11) is 2.11. The van der Waals surface area contributed by atoms with Crippen molar-refractivity contribution in [2.24, 2.45) is 11.3 Å². The number of carbonyl (C=O) groups excluding carboxylic acids is 5. The summed E-state index contributed by atoms with van der Waals surface area (Å²) in [5, 5.41) is 6.41. The summed E-state index contributed by atoms with van der Waals surface area (Å²) >= 11 is 0. The van der Waals surface area contributed by atoms with Crippen LogP contribution in [0.3, 0.4) is 0 Å². The highest BCUT2D eigenvalue weighted by atomic mass is 19.4. The third-order valence-corrected chi connectivity index (χ3v) is 7.92. The summed E-state index contributed by atoms with van der Waals surface area (Å²) in [6.07, 6.45) is -9.16. The van der Waals surface area contributed by atoms with Gasteiger partial charge < -0.3 is 25.6 Å². The fraction of sp³-hybridized carbons (Fsp3) is 0.792. The van der Waals surface area contributed by atoms with Gasteiger partial charge in [0.1, 0.15) is 17.8 Å². The molecule has 0 spiro atoms. The summed E-state index contributed by atoms with van der Waals surface area (Å²) in [5.41, 5.74) is -2.52. The van der Waals surface area contributed by atoms with Crippen LogP contribution >= 0.6 is 0 Å². The maximum Gasteiger partial charge on any atom is 0.407 e. The van der Waals surface area contributed by atoms with Crippen LogP contribution in [0, 0.1) is 11.3 Å². The Bertz CT molecular complexity index is 1030. The molecular weight excluding hydrogens is 554 g/mol. The number of likely N-dealkylation sites (tertiary alicyclic amines) is 1. The Morgan fingerprint density at radius 3 is 2.12 bits per heavy atom. The van der Waals surface area contributed by atoms with Gasteiger partial charge in [-0.3, -0.25) is 19.2 Å². The fourth-order valence-corrected chi connectivity index (χ4v) is 5.85. The number of piperidine rings is 1. The average molecular weight is 587 g/mol. The van der Waals surface area contributed by atoms with Crippen molar-refractivity contribution in [2.45, 2.75) is 87.8 Å². The lowest BCUT2D eigenvalue weighted by molar-refractivity contribution is -0.231. The number of amides is 4. The predicted molar refractivity (Wildman–Crippen MR) is 125 cm³/mol. The van der Waals surface area contributed by atoms with Crippen LogP contribution in [0.25, 0.3) is 0 Å². The number of nitrogens with zero attached hydrogens (tertiary/aromatic N) is 1. The third-order valence-electron chi connectivity index (χ3n) is 7.92. The van der Waals surface area contributed by atoms with Crippen LogP contribution in [0.15, 0.2) is 0 Å². The molecule has 40 heavy (non-hydrogen) atoms. The van der Waals surface area contributed by atoms with Gasteiger partial charge in [-0.25, -0.2) is 18.0 Å². The summed E-state index contributed by atoms with van der Waals surface area (Å²) in [6.45, 7) is -0.0228. The van der Waals surface area contributed by atoms with Crippen LogP contribution in [0.5, 0.6) is 0 Å². The molecule has 3 unspecified atom stereocenters. The number of hydrogen-bond acceptors (Lipinski definition) is 6. The van der Waals surface area contributed by atoms with Crippen molar-refractivity contribution in [3.05, 3.63) is 0 Å². The Morgan fingerprint density at radius 1 is 1.05 bits per heavy atom. The van der Waals surface area contributed by atoms with Gasteiger partial charge in [-0.1, -0.05) is 0 Å². The molecule has 16 heteroatoms. The lowest BCUT2D eigenvalue weighted by atomic mass is 9.39. The molecule has 0 aromatic heterocycles. The number of hydrogen-bond donors (Lipinski definition) is 3. The Labute approximate surface area is 225 Å². The van der Waals surface area contributed by atoms with E-state index in [1.807, 2.05) is 5.32 Å². The minimum absolute atomic E-state index is 0.0792. The highest BCUT2D eigenvalue weighted by Crippen LogP contribution is 2.71. The SMILES string of the molecule is CNC(=O)C(=O)[C@H](CCC(C)(F)F)NC(=O)C1CC(C(F)(F)F)CCN1C(=O)C(NC(=O)OC)C12CC(F)(C1)C2. The molecular formula is C24H32F6N4O6. The Kier molecular flexibility index (Phi) is 8.71. The first-order chi connectivity index (χ1) is 18.3. The van der Waals surface area contributed by atoms with Crippen molar-refractivity contribution in [2.75, 3.05) is 20.7 Å². The molecule has 4 aliphatic rings. The van der Waals surface area contributed by atoms with Crippen molar-refractivity contribution < 1.29 is 55.1 Å². The van der Waals surface area contributed by atoms with E-state index in [-0.39, 0.29) is 19.3 Å². The first-order valence-corrected chi connectivity index (χ1v) is 12.7. The standard InChI is InChI=1S/C24H32F6N4O6/c1-21(25,26)6-4-13(15(35)18(37)31-2)32-17(36)14-8-12(24(28,29)30)5-7-34(14)19(38)16(33-20(39)40-3)22-9-23(27,10-22)11-22/h12-14,16H,4-11H2,1-3H3,(H,31,37)(H,32,36)(H,33,39)/t12?,13-,14?,16?,22?,23?/m0/s1. The lowest BCUT2D eigenvalue weighted by Crippen LogP contribution is -2.75. The molecule has 0 aromatic carbocycles. The average Bonchev–Trinajstić information content (AvgIpc) is 2.84.